The molecular weight excluding hydrogens is 275 g/mol. The van der Waals surface area contributed by atoms with Crippen LogP contribution in [0.3, 0.4) is 0 Å². The summed E-state index contributed by atoms with van der Waals surface area (Å²) in [4.78, 5) is 13.4. The number of para-hydroxylation sites is 1. The van der Waals surface area contributed by atoms with Crippen LogP contribution in [0.5, 0.6) is 5.75 Å². The average Bonchev–Trinajstić information content (AvgIpc) is 2.30. The van der Waals surface area contributed by atoms with Crippen molar-refractivity contribution in [3.63, 3.8) is 0 Å². The first-order valence-corrected chi connectivity index (χ1v) is 6.94. The molecule has 1 aromatic carbocycles. The maximum atomic E-state index is 13.2. The molecule has 2 rings (SSSR count). The van der Waals surface area contributed by atoms with E-state index in [1.165, 1.54) is 6.07 Å². The van der Waals surface area contributed by atoms with Gasteiger partial charge < -0.3 is 20.1 Å². The van der Waals surface area contributed by atoms with E-state index in [4.69, 9.17) is 4.74 Å². The van der Waals surface area contributed by atoms with Crippen LogP contribution in [0.2, 0.25) is 0 Å². The van der Waals surface area contributed by atoms with Crippen molar-refractivity contribution in [1.29, 1.82) is 0 Å². The molecule has 1 heterocycles. The predicted molar refractivity (Wildman–Crippen MR) is 76.5 cm³/mol. The number of ether oxygens (including phenoxy) is 1. The Morgan fingerprint density at radius 2 is 2.14 bits per heavy atom. The Morgan fingerprint density at radius 3 is 2.76 bits per heavy atom. The molecule has 0 saturated carbocycles. The van der Waals surface area contributed by atoms with Crippen molar-refractivity contribution in [3.8, 4) is 5.75 Å². The summed E-state index contributed by atoms with van der Waals surface area (Å²) in [6.07, 6.45) is -0.325. The van der Waals surface area contributed by atoms with Gasteiger partial charge in [-0.05, 0) is 26.8 Å². The zero-order valence-electron chi connectivity index (χ0n) is 12.5. The molecule has 2 N–H and O–H groups in total. The second kappa shape index (κ2) is 5.89. The molecule has 1 aromatic rings. The Morgan fingerprint density at radius 1 is 1.48 bits per heavy atom. The predicted octanol–water partition coefficient (Wildman–Crippen LogP) is 2.24. The van der Waals surface area contributed by atoms with Crippen molar-refractivity contribution in [2.75, 3.05) is 13.1 Å². The van der Waals surface area contributed by atoms with Crippen LogP contribution in [0, 0.1) is 5.82 Å². The normalized spacial score (nSPS) is 15.7. The zero-order chi connectivity index (χ0) is 15.6. The van der Waals surface area contributed by atoms with Crippen molar-refractivity contribution in [2.45, 2.75) is 39.0 Å². The number of aromatic hydroxyl groups is 1. The lowest BCUT2D eigenvalue weighted by Crippen LogP contribution is -2.60. The van der Waals surface area contributed by atoms with Crippen LogP contribution in [0.25, 0.3) is 0 Å². The first-order chi connectivity index (χ1) is 9.76. The molecule has 1 amide bonds. The van der Waals surface area contributed by atoms with Gasteiger partial charge in [-0.1, -0.05) is 12.1 Å². The summed E-state index contributed by atoms with van der Waals surface area (Å²) < 4.78 is 18.4. The summed E-state index contributed by atoms with van der Waals surface area (Å²) >= 11 is 0. The lowest BCUT2D eigenvalue weighted by atomic mass is 10.1. The van der Waals surface area contributed by atoms with E-state index in [0.717, 1.165) is 0 Å². The van der Waals surface area contributed by atoms with Gasteiger partial charge in [0.15, 0.2) is 11.6 Å². The SMILES string of the molecule is CC(C)(C)OC(=O)N1CC(NCc2cccc(F)c2O)C1. The highest BCUT2D eigenvalue weighted by atomic mass is 19.1. The van der Waals surface area contributed by atoms with Gasteiger partial charge in [0.05, 0.1) is 0 Å². The number of carbonyl (C=O) groups is 1. The minimum atomic E-state index is -0.627. The summed E-state index contributed by atoms with van der Waals surface area (Å²) in [6, 6.07) is 4.56. The van der Waals surface area contributed by atoms with Gasteiger partial charge in [-0.2, -0.15) is 0 Å². The summed E-state index contributed by atoms with van der Waals surface area (Å²) in [5.74, 6) is -0.952. The van der Waals surface area contributed by atoms with Gasteiger partial charge in [0, 0.05) is 31.2 Å². The van der Waals surface area contributed by atoms with E-state index in [0.29, 0.717) is 25.2 Å². The number of halogens is 1. The van der Waals surface area contributed by atoms with Crippen molar-refractivity contribution in [3.05, 3.63) is 29.6 Å². The highest BCUT2D eigenvalue weighted by Crippen LogP contribution is 2.21. The monoisotopic (exact) mass is 296 g/mol. The first kappa shape index (κ1) is 15.6. The molecule has 0 spiro atoms. The number of carbonyl (C=O) groups excluding carboxylic acids is 1. The Hall–Kier alpha value is -1.82. The van der Waals surface area contributed by atoms with Gasteiger partial charge in [-0.25, -0.2) is 9.18 Å². The first-order valence-electron chi connectivity index (χ1n) is 6.94. The molecule has 0 bridgehead atoms. The number of hydrogen-bond acceptors (Lipinski definition) is 4. The van der Waals surface area contributed by atoms with Gasteiger partial charge in [0.1, 0.15) is 5.60 Å². The molecular formula is C15H21FN2O3. The van der Waals surface area contributed by atoms with Gasteiger partial charge >= 0.3 is 6.09 Å². The van der Waals surface area contributed by atoms with Crippen LogP contribution in [0.4, 0.5) is 9.18 Å². The number of nitrogens with zero attached hydrogens (tertiary/aromatic N) is 1. The Kier molecular flexibility index (Phi) is 4.37. The van der Waals surface area contributed by atoms with E-state index in [1.54, 1.807) is 17.0 Å². The number of nitrogens with one attached hydrogen (secondary N) is 1. The summed E-state index contributed by atoms with van der Waals surface area (Å²) in [6.45, 7) is 6.93. The quantitative estimate of drug-likeness (QED) is 0.898. The molecule has 0 unspecified atom stereocenters. The summed E-state index contributed by atoms with van der Waals surface area (Å²) in [5.41, 5.74) is 0.00822. The smallest absolute Gasteiger partial charge is 0.410 e. The molecule has 6 heteroatoms. The Balaban J connectivity index is 1.76. The minimum Gasteiger partial charge on any atom is -0.505 e. The highest BCUT2D eigenvalue weighted by molar-refractivity contribution is 5.69. The molecule has 0 aliphatic carbocycles. The van der Waals surface area contributed by atoms with E-state index in [1.807, 2.05) is 20.8 Å². The number of rotatable bonds is 3. The maximum absolute atomic E-state index is 13.2. The average molecular weight is 296 g/mol. The lowest BCUT2D eigenvalue weighted by Gasteiger charge is -2.40. The second-order valence-electron chi connectivity index (χ2n) is 6.21. The van der Waals surface area contributed by atoms with Crippen LogP contribution in [0.15, 0.2) is 18.2 Å². The van der Waals surface area contributed by atoms with Gasteiger partial charge in [0.2, 0.25) is 0 Å². The van der Waals surface area contributed by atoms with Crippen LogP contribution in [-0.4, -0.2) is 40.8 Å². The fourth-order valence-electron chi connectivity index (χ4n) is 2.04. The van der Waals surface area contributed by atoms with E-state index < -0.39 is 11.4 Å². The topological polar surface area (TPSA) is 61.8 Å². The van der Waals surface area contributed by atoms with Crippen LogP contribution < -0.4 is 5.32 Å². The van der Waals surface area contributed by atoms with Crippen LogP contribution in [-0.2, 0) is 11.3 Å². The Labute approximate surface area is 123 Å². The molecule has 1 fully saturated rings. The summed E-state index contributed by atoms with van der Waals surface area (Å²) in [7, 11) is 0. The third-order valence-corrected chi connectivity index (χ3v) is 3.18. The highest BCUT2D eigenvalue weighted by Gasteiger charge is 2.33. The molecule has 21 heavy (non-hydrogen) atoms. The van der Waals surface area contributed by atoms with E-state index in [-0.39, 0.29) is 17.9 Å². The minimum absolute atomic E-state index is 0.125. The van der Waals surface area contributed by atoms with Crippen molar-refractivity contribution in [2.24, 2.45) is 0 Å². The van der Waals surface area contributed by atoms with Gasteiger partial charge in [-0.3, -0.25) is 0 Å². The number of phenolic OH excluding ortho intramolecular Hbond substituents is 1. The number of amides is 1. The Bertz CT molecular complexity index is 522. The van der Waals surface area contributed by atoms with E-state index >= 15 is 0 Å². The van der Waals surface area contributed by atoms with Gasteiger partial charge in [0.25, 0.3) is 0 Å². The molecule has 1 aliphatic heterocycles. The molecule has 0 aromatic heterocycles. The molecule has 5 nitrogen and oxygen atoms in total. The maximum Gasteiger partial charge on any atom is 0.410 e. The molecule has 0 atom stereocenters. The number of benzene rings is 1. The van der Waals surface area contributed by atoms with Gasteiger partial charge in [-0.15, -0.1) is 0 Å². The largest absolute Gasteiger partial charge is 0.505 e. The van der Waals surface area contributed by atoms with Crippen LogP contribution in [0.1, 0.15) is 26.3 Å². The number of likely N-dealkylation sites (tertiary alicyclic amines) is 1. The standard InChI is InChI=1S/C15H21FN2O3/c1-15(2,3)21-14(20)18-8-11(9-18)17-7-10-5-4-6-12(16)13(10)19/h4-6,11,17,19H,7-9H2,1-3H3. The molecule has 0 radical (unpaired) electrons. The van der Waals surface area contributed by atoms with E-state index in [2.05, 4.69) is 5.32 Å². The summed E-state index contributed by atoms with van der Waals surface area (Å²) in [5, 5.41) is 12.7. The molecule has 116 valence electrons. The third-order valence-electron chi connectivity index (χ3n) is 3.18. The number of phenols is 1. The van der Waals surface area contributed by atoms with Crippen LogP contribution >= 0.6 is 0 Å². The van der Waals surface area contributed by atoms with Crippen molar-refractivity contribution in [1.82, 2.24) is 10.2 Å². The molecule has 1 aliphatic rings. The fraction of sp³-hybridized carbons (Fsp3) is 0.533. The second-order valence-corrected chi connectivity index (χ2v) is 6.21. The molecule has 1 saturated heterocycles. The lowest BCUT2D eigenvalue weighted by molar-refractivity contribution is 0.00516. The fourth-order valence-corrected chi connectivity index (χ4v) is 2.04. The van der Waals surface area contributed by atoms with Crippen molar-refractivity contribution >= 4 is 6.09 Å². The van der Waals surface area contributed by atoms with Crippen molar-refractivity contribution < 1.29 is 19.0 Å². The third kappa shape index (κ3) is 4.07. The zero-order valence-corrected chi connectivity index (χ0v) is 12.5. The number of hydrogen-bond donors (Lipinski definition) is 2. The van der Waals surface area contributed by atoms with E-state index in [9.17, 15) is 14.3 Å².